The van der Waals surface area contributed by atoms with Crippen LogP contribution in [0.2, 0.25) is 0 Å². The summed E-state index contributed by atoms with van der Waals surface area (Å²) in [5.74, 6) is 1.80. The fourth-order valence-electron chi connectivity index (χ4n) is 2.69. The van der Waals surface area contributed by atoms with Crippen LogP contribution in [0.5, 0.6) is 0 Å². The van der Waals surface area contributed by atoms with Crippen LogP contribution in [0, 0.1) is 0 Å². The zero-order chi connectivity index (χ0) is 17.5. The van der Waals surface area contributed by atoms with Crippen LogP contribution in [0.25, 0.3) is 0 Å². The molecule has 0 bridgehead atoms. The van der Waals surface area contributed by atoms with Crippen LogP contribution in [0.1, 0.15) is 12.8 Å². The van der Waals surface area contributed by atoms with Gasteiger partial charge in [-0.2, -0.15) is 15.0 Å². The van der Waals surface area contributed by atoms with E-state index >= 15 is 0 Å². The third kappa shape index (κ3) is 4.89. The summed E-state index contributed by atoms with van der Waals surface area (Å²) in [5.41, 5.74) is 5.85. The highest BCUT2D eigenvalue weighted by Crippen LogP contribution is 2.20. The van der Waals surface area contributed by atoms with Crippen LogP contribution in [-0.4, -0.2) is 66.0 Å². The molecule has 2 aliphatic rings. The van der Waals surface area contributed by atoms with Gasteiger partial charge in [0.05, 0.1) is 13.2 Å². The number of ether oxygens (including phenoxy) is 1. The summed E-state index contributed by atoms with van der Waals surface area (Å²) >= 11 is 5.18. The van der Waals surface area contributed by atoms with E-state index in [1.807, 2.05) is 0 Å². The topological polar surface area (TPSA) is 90.5 Å². The minimum Gasteiger partial charge on any atom is -0.378 e. The van der Waals surface area contributed by atoms with Crippen molar-refractivity contribution >= 4 is 35.2 Å². The molecule has 136 valence electrons. The molecule has 0 spiro atoms. The number of hydrogen-bond acceptors (Lipinski definition) is 8. The lowest BCUT2D eigenvalue weighted by molar-refractivity contribution is 0.122. The lowest BCUT2D eigenvalue weighted by Crippen LogP contribution is -2.40. The third-order valence-electron chi connectivity index (χ3n) is 3.99. The molecule has 10 heteroatoms. The van der Waals surface area contributed by atoms with Crippen LogP contribution in [0.15, 0.2) is 12.7 Å². The van der Waals surface area contributed by atoms with Crippen molar-refractivity contribution in [1.82, 2.24) is 25.7 Å². The summed E-state index contributed by atoms with van der Waals surface area (Å²) in [6.07, 6.45) is 4.06. The van der Waals surface area contributed by atoms with E-state index in [4.69, 9.17) is 17.0 Å². The predicted molar refractivity (Wildman–Crippen MR) is 102 cm³/mol. The van der Waals surface area contributed by atoms with E-state index in [-0.39, 0.29) is 0 Å². The van der Waals surface area contributed by atoms with Gasteiger partial charge in [-0.05, 0) is 25.1 Å². The van der Waals surface area contributed by atoms with E-state index in [0.29, 0.717) is 42.7 Å². The number of thiocarbonyl (C=S) groups is 1. The number of nitrogens with one attached hydrogen (secondary N) is 3. The number of anilines is 3. The van der Waals surface area contributed by atoms with E-state index in [2.05, 4.69) is 47.5 Å². The molecule has 0 unspecified atom stereocenters. The van der Waals surface area contributed by atoms with Gasteiger partial charge in [0.15, 0.2) is 5.11 Å². The molecule has 3 rings (SSSR count). The summed E-state index contributed by atoms with van der Waals surface area (Å²) in [5, 5.41) is 3.44. The maximum absolute atomic E-state index is 5.41. The lowest BCUT2D eigenvalue weighted by Gasteiger charge is -2.28. The average Bonchev–Trinajstić information content (AvgIpc) is 3.20. The molecule has 3 N–H and O–H groups in total. The van der Waals surface area contributed by atoms with Gasteiger partial charge in [-0.3, -0.25) is 10.9 Å². The van der Waals surface area contributed by atoms with Crippen LogP contribution in [0.3, 0.4) is 0 Å². The highest BCUT2D eigenvalue weighted by molar-refractivity contribution is 7.80. The second-order valence-electron chi connectivity index (χ2n) is 5.80. The first-order valence-electron chi connectivity index (χ1n) is 8.51. The third-order valence-corrected chi connectivity index (χ3v) is 4.24. The van der Waals surface area contributed by atoms with Gasteiger partial charge in [-0.1, -0.05) is 6.08 Å². The molecule has 2 aliphatic heterocycles. The number of aromatic nitrogens is 3. The fraction of sp³-hybridized carbons (Fsp3) is 0.600. The van der Waals surface area contributed by atoms with Gasteiger partial charge < -0.3 is 19.9 Å². The minimum absolute atomic E-state index is 0.446. The van der Waals surface area contributed by atoms with Gasteiger partial charge in [0.2, 0.25) is 17.8 Å². The Labute approximate surface area is 152 Å². The smallest absolute Gasteiger partial charge is 0.248 e. The molecule has 0 radical (unpaired) electrons. The van der Waals surface area contributed by atoms with Gasteiger partial charge in [-0.25, -0.2) is 0 Å². The average molecular weight is 364 g/mol. The van der Waals surface area contributed by atoms with Crippen molar-refractivity contribution in [2.24, 2.45) is 0 Å². The zero-order valence-electron chi connectivity index (χ0n) is 14.2. The first-order chi connectivity index (χ1) is 12.3. The zero-order valence-corrected chi connectivity index (χ0v) is 15.0. The molecule has 3 heterocycles. The van der Waals surface area contributed by atoms with Gasteiger partial charge in [0.25, 0.3) is 0 Å². The largest absolute Gasteiger partial charge is 0.378 e. The summed E-state index contributed by atoms with van der Waals surface area (Å²) in [6.45, 7) is 9.08. The number of hydrazine groups is 1. The van der Waals surface area contributed by atoms with Crippen molar-refractivity contribution in [2.75, 3.05) is 61.2 Å². The summed E-state index contributed by atoms with van der Waals surface area (Å²) in [7, 11) is 0. The Kier molecular flexibility index (Phi) is 6.18. The quantitative estimate of drug-likeness (QED) is 0.372. The van der Waals surface area contributed by atoms with Gasteiger partial charge >= 0.3 is 0 Å². The van der Waals surface area contributed by atoms with Crippen molar-refractivity contribution in [2.45, 2.75) is 12.8 Å². The SMILES string of the molecule is C=CCNC(=S)NNc1nc(N2CCCC2)nc(N2CCOCC2)n1. The Bertz CT molecular complexity index is 601. The van der Waals surface area contributed by atoms with Crippen LogP contribution >= 0.6 is 12.2 Å². The van der Waals surface area contributed by atoms with Gasteiger partial charge in [0.1, 0.15) is 0 Å². The Morgan fingerprint density at radius 3 is 2.36 bits per heavy atom. The van der Waals surface area contributed by atoms with E-state index in [1.165, 1.54) is 0 Å². The van der Waals surface area contributed by atoms with E-state index in [9.17, 15) is 0 Å². The van der Waals surface area contributed by atoms with Gasteiger partial charge in [0, 0.05) is 32.7 Å². The minimum atomic E-state index is 0.446. The molecular formula is C15H24N8OS. The number of hydrogen-bond donors (Lipinski definition) is 3. The highest BCUT2D eigenvalue weighted by atomic mass is 32.1. The maximum Gasteiger partial charge on any atom is 0.248 e. The Morgan fingerprint density at radius 1 is 1.08 bits per heavy atom. The highest BCUT2D eigenvalue weighted by Gasteiger charge is 2.21. The molecule has 0 aromatic carbocycles. The summed E-state index contributed by atoms with van der Waals surface area (Å²) in [4.78, 5) is 18.0. The Hall–Kier alpha value is -2.20. The van der Waals surface area contributed by atoms with Crippen molar-refractivity contribution < 1.29 is 4.74 Å². The molecule has 2 saturated heterocycles. The summed E-state index contributed by atoms with van der Waals surface area (Å²) < 4.78 is 5.41. The molecule has 25 heavy (non-hydrogen) atoms. The van der Waals surface area contributed by atoms with Crippen LogP contribution in [0.4, 0.5) is 17.8 Å². The Balaban J connectivity index is 1.74. The van der Waals surface area contributed by atoms with E-state index in [0.717, 1.165) is 39.0 Å². The molecule has 0 aliphatic carbocycles. The van der Waals surface area contributed by atoms with Crippen LogP contribution in [-0.2, 0) is 4.74 Å². The molecule has 0 saturated carbocycles. The lowest BCUT2D eigenvalue weighted by atomic mass is 10.4. The van der Waals surface area contributed by atoms with E-state index < -0.39 is 0 Å². The first-order valence-corrected chi connectivity index (χ1v) is 8.91. The van der Waals surface area contributed by atoms with E-state index in [1.54, 1.807) is 6.08 Å². The number of rotatable bonds is 6. The standard InChI is InChI=1S/C15H24N8OS/c1-2-5-16-15(25)21-20-12-17-13(22-6-3-4-7-22)19-14(18-12)23-8-10-24-11-9-23/h2H,1,3-11H2,(H2,16,21,25)(H,17,18,19,20). The molecule has 1 aromatic heterocycles. The van der Waals surface area contributed by atoms with Crippen molar-refractivity contribution in [1.29, 1.82) is 0 Å². The summed E-state index contributed by atoms with van der Waals surface area (Å²) in [6, 6.07) is 0. The monoisotopic (exact) mass is 364 g/mol. The Morgan fingerprint density at radius 2 is 1.72 bits per heavy atom. The molecule has 2 fully saturated rings. The fourth-order valence-corrected chi connectivity index (χ4v) is 2.83. The second-order valence-corrected chi connectivity index (χ2v) is 6.21. The predicted octanol–water partition coefficient (Wildman–Crippen LogP) is 0.285. The second kappa shape index (κ2) is 8.77. The molecule has 1 aromatic rings. The molecule has 0 atom stereocenters. The van der Waals surface area contributed by atoms with Gasteiger partial charge in [-0.15, -0.1) is 6.58 Å². The maximum atomic E-state index is 5.41. The van der Waals surface area contributed by atoms with Crippen molar-refractivity contribution in [3.05, 3.63) is 12.7 Å². The number of morpholine rings is 1. The first kappa shape index (κ1) is 17.6. The molecule has 0 amide bonds. The molecular weight excluding hydrogens is 340 g/mol. The van der Waals surface area contributed by atoms with Crippen molar-refractivity contribution in [3.8, 4) is 0 Å². The molecule has 9 nitrogen and oxygen atoms in total. The van der Waals surface area contributed by atoms with Crippen LogP contribution < -0.4 is 26.0 Å². The van der Waals surface area contributed by atoms with Crippen molar-refractivity contribution in [3.63, 3.8) is 0 Å². The number of nitrogens with zero attached hydrogens (tertiary/aromatic N) is 5. The normalized spacial score (nSPS) is 17.3.